The van der Waals surface area contributed by atoms with Crippen LogP contribution in [0.25, 0.3) is 0 Å². The molecule has 1 aliphatic heterocycles. The lowest BCUT2D eigenvalue weighted by Crippen LogP contribution is -2.28. The fourth-order valence-corrected chi connectivity index (χ4v) is 2.02. The van der Waals surface area contributed by atoms with Crippen LogP contribution in [0.5, 0.6) is 0 Å². The number of nitrogens with zero attached hydrogens (tertiary/aromatic N) is 1. The summed E-state index contributed by atoms with van der Waals surface area (Å²) in [5.41, 5.74) is 1.54. The lowest BCUT2D eigenvalue weighted by atomic mass is 10.2. The van der Waals surface area contributed by atoms with E-state index < -0.39 is 5.97 Å². The Labute approximate surface area is 110 Å². The first kappa shape index (κ1) is 12.6. The summed E-state index contributed by atoms with van der Waals surface area (Å²) in [5.74, 6) is -0.921. The normalized spacial score (nSPS) is 15.3. The number of anilines is 1. The standard InChI is InChI=1S/C13H12ClNO3/c1-8-7-15(10-5-3-9(14)4-6-10)12(16)11(8)13(17)18-2/h3-6H,7H2,1-2H3. The van der Waals surface area contributed by atoms with Crippen molar-refractivity contribution in [3.8, 4) is 0 Å². The summed E-state index contributed by atoms with van der Waals surface area (Å²) >= 11 is 5.80. The number of methoxy groups -OCH3 is 1. The van der Waals surface area contributed by atoms with Gasteiger partial charge in [-0.1, -0.05) is 11.6 Å². The first-order valence-electron chi connectivity index (χ1n) is 5.40. The minimum absolute atomic E-state index is 0.118. The number of benzene rings is 1. The maximum Gasteiger partial charge on any atom is 0.343 e. The highest BCUT2D eigenvalue weighted by molar-refractivity contribution is 6.30. The maximum atomic E-state index is 12.1. The number of halogens is 1. The van der Waals surface area contributed by atoms with Gasteiger partial charge in [-0.25, -0.2) is 4.79 Å². The van der Waals surface area contributed by atoms with Gasteiger partial charge in [-0.3, -0.25) is 4.79 Å². The van der Waals surface area contributed by atoms with Crippen molar-refractivity contribution in [1.82, 2.24) is 0 Å². The van der Waals surface area contributed by atoms with Crippen molar-refractivity contribution >= 4 is 29.2 Å². The third-order valence-corrected chi connectivity index (χ3v) is 3.06. The first-order valence-corrected chi connectivity index (χ1v) is 5.78. The van der Waals surface area contributed by atoms with Crippen molar-refractivity contribution in [3.63, 3.8) is 0 Å². The third-order valence-electron chi connectivity index (χ3n) is 2.81. The Morgan fingerprint density at radius 1 is 1.33 bits per heavy atom. The average Bonchev–Trinajstić information content (AvgIpc) is 2.65. The predicted octanol–water partition coefficient (Wildman–Crippen LogP) is 2.18. The molecule has 0 fully saturated rings. The molecule has 4 nitrogen and oxygen atoms in total. The van der Waals surface area contributed by atoms with Gasteiger partial charge in [-0.2, -0.15) is 0 Å². The fraction of sp³-hybridized carbons (Fsp3) is 0.231. The Kier molecular flexibility index (Phi) is 3.39. The number of carbonyl (C=O) groups is 2. The average molecular weight is 266 g/mol. The van der Waals surface area contributed by atoms with Gasteiger partial charge in [0.1, 0.15) is 5.57 Å². The topological polar surface area (TPSA) is 46.6 Å². The SMILES string of the molecule is COC(=O)C1=C(C)CN(c2ccc(Cl)cc2)C1=O. The monoisotopic (exact) mass is 265 g/mol. The number of ether oxygens (including phenoxy) is 1. The number of hydrogen-bond donors (Lipinski definition) is 0. The summed E-state index contributed by atoms with van der Waals surface area (Å²) < 4.78 is 4.61. The summed E-state index contributed by atoms with van der Waals surface area (Å²) in [7, 11) is 1.26. The Morgan fingerprint density at radius 3 is 2.50 bits per heavy atom. The van der Waals surface area contributed by atoms with Crippen LogP contribution in [0.2, 0.25) is 5.02 Å². The van der Waals surface area contributed by atoms with Crippen molar-refractivity contribution in [2.45, 2.75) is 6.92 Å². The van der Waals surface area contributed by atoms with E-state index in [-0.39, 0.29) is 11.5 Å². The number of amides is 1. The molecule has 0 radical (unpaired) electrons. The van der Waals surface area contributed by atoms with Gasteiger partial charge in [0.2, 0.25) is 0 Å². The molecule has 0 aliphatic carbocycles. The molecule has 0 atom stereocenters. The molecular weight excluding hydrogens is 254 g/mol. The quantitative estimate of drug-likeness (QED) is 0.608. The van der Waals surface area contributed by atoms with Crippen LogP contribution < -0.4 is 4.90 Å². The van der Waals surface area contributed by atoms with Gasteiger partial charge in [0.25, 0.3) is 5.91 Å². The second kappa shape index (κ2) is 4.82. The van der Waals surface area contributed by atoms with E-state index in [9.17, 15) is 9.59 Å². The summed E-state index contributed by atoms with van der Waals surface area (Å²) in [6.45, 7) is 2.14. The molecule has 5 heteroatoms. The van der Waals surface area contributed by atoms with E-state index >= 15 is 0 Å². The van der Waals surface area contributed by atoms with Gasteiger partial charge in [0.05, 0.1) is 7.11 Å². The number of hydrogen-bond acceptors (Lipinski definition) is 3. The fourth-order valence-electron chi connectivity index (χ4n) is 1.90. The smallest absolute Gasteiger partial charge is 0.343 e. The molecule has 94 valence electrons. The molecule has 0 bridgehead atoms. The Balaban J connectivity index is 2.29. The van der Waals surface area contributed by atoms with Gasteiger partial charge in [0.15, 0.2) is 0 Å². The minimum atomic E-state index is -0.589. The van der Waals surface area contributed by atoms with E-state index in [1.165, 1.54) is 12.0 Å². The first-order chi connectivity index (χ1) is 8.54. The highest BCUT2D eigenvalue weighted by Crippen LogP contribution is 2.27. The summed E-state index contributed by atoms with van der Waals surface area (Å²) in [4.78, 5) is 25.2. The Bertz CT molecular complexity index is 534. The van der Waals surface area contributed by atoms with E-state index in [4.69, 9.17) is 11.6 Å². The molecule has 1 aromatic rings. The van der Waals surface area contributed by atoms with Crippen LogP contribution in [0.4, 0.5) is 5.69 Å². The second-order valence-corrected chi connectivity index (χ2v) is 4.45. The van der Waals surface area contributed by atoms with Crippen molar-refractivity contribution in [2.75, 3.05) is 18.6 Å². The molecule has 1 heterocycles. The van der Waals surface area contributed by atoms with Crippen molar-refractivity contribution in [1.29, 1.82) is 0 Å². The largest absolute Gasteiger partial charge is 0.465 e. The van der Waals surface area contributed by atoms with Gasteiger partial charge < -0.3 is 9.64 Å². The number of esters is 1. The summed E-state index contributed by atoms with van der Waals surface area (Å²) in [5, 5.41) is 0.600. The molecule has 0 saturated heterocycles. The van der Waals surface area contributed by atoms with E-state index in [2.05, 4.69) is 4.74 Å². The van der Waals surface area contributed by atoms with Crippen molar-refractivity contribution < 1.29 is 14.3 Å². The summed E-state index contributed by atoms with van der Waals surface area (Å²) in [6.07, 6.45) is 0. The molecule has 0 spiro atoms. The van der Waals surface area contributed by atoms with Crippen molar-refractivity contribution in [2.24, 2.45) is 0 Å². The second-order valence-electron chi connectivity index (χ2n) is 4.01. The van der Waals surface area contributed by atoms with Crippen LogP contribution in [0.3, 0.4) is 0 Å². The molecule has 0 N–H and O–H groups in total. The third kappa shape index (κ3) is 2.11. The van der Waals surface area contributed by atoms with E-state index in [0.717, 1.165) is 0 Å². The zero-order valence-corrected chi connectivity index (χ0v) is 10.8. The van der Waals surface area contributed by atoms with Crippen LogP contribution in [0.1, 0.15) is 6.92 Å². The van der Waals surface area contributed by atoms with Crippen LogP contribution in [-0.4, -0.2) is 25.5 Å². The lowest BCUT2D eigenvalue weighted by Gasteiger charge is -2.16. The van der Waals surface area contributed by atoms with Crippen LogP contribution >= 0.6 is 11.6 Å². The molecule has 0 saturated carbocycles. The number of rotatable bonds is 2. The Morgan fingerprint density at radius 2 is 1.94 bits per heavy atom. The van der Waals surface area contributed by atoms with Gasteiger partial charge >= 0.3 is 5.97 Å². The molecule has 2 rings (SSSR count). The van der Waals surface area contributed by atoms with Crippen LogP contribution in [0, 0.1) is 0 Å². The zero-order valence-electron chi connectivity index (χ0n) is 10.1. The predicted molar refractivity (Wildman–Crippen MR) is 68.5 cm³/mol. The van der Waals surface area contributed by atoms with Crippen molar-refractivity contribution in [3.05, 3.63) is 40.4 Å². The lowest BCUT2D eigenvalue weighted by molar-refractivity contribution is -0.137. The van der Waals surface area contributed by atoms with E-state index in [1.54, 1.807) is 31.2 Å². The van der Waals surface area contributed by atoms with Gasteiger partial charge in [0, 0.05) is 17.3 Å². The van der Waals surface area contributed by atoms with Gasteiger partial charge in [-0.05, 0) is 36.8 Å². The van der Waals surface area contributed by atoms with Crippen LogP contribution in [0.15, 0.2) is 35.4 Å². The Hall–Kier alpha value is -1.81. The zero-order chi connectivity index (χ0) is 13.3. The van der Waals surface area contributed by atoms with E-state index in [0.29, 0.717) is 22.8 Å². The molecule has 1 aliphatic rings. The summed E-state index contributed by atoms with van der Waals surface area (Å²) in [6, 6.07) is 6.90. The molecular formula is C13H12ClNO3. The maximum absolute atomic E-state index is 12.1. The molecule has 0 unspecified atom stereocenters. The molecule has 1 amide bonds. The van der Waals surface area contributed by atoms with Crippen LogP contribution in [-0.2, 0) is 14.3 Å². The van der Waals surface area contributed by atoms with Gasteiger partial charge in [-0.15, -0.1) is 0 Å². The molecule has 18 heavy (non-hydrogen) atoms. The van der Waals surface area contributed by atoms with E-state index in [1.807, 2.05) is 0 Å². The highest BCUT2D eigenvalue weighted by atomic mass is 35.5. The number of carbonyl (C=O) groups excluding carboxylic acids is 2. The molecule has 1 aromatic carbocycles. The minimum Gasteiger partial charge on any atom is -0.465 e. The highest BCUT2D eigenvalue weighted by Gasteiger charge is 2.34. The molecule has 0 aromatic heterocycles.